The highest BCUT2D eigenvalue weighted by atomic mass is 32.1. The van der Waals surface area contributed by atoms with E-state index < -0.39 is 17.5 Å². The third-order valence-corrected chi connectivity index (χ3v) is 2.74. The predicted octanol–water partition coefficient (Wildman–Crippen LogP) is 3.27. The van der Waals surface area contributed by atoms with Crippen LogP contribution < -0.4 is 5.73 Å². The summed E-state index contributed by atoms with van der Waals surface area (Å²) < 4.78 is 29.7. The first-order chi connectivity index (χ1) is 9.76. The van der Waals surface area contributed by atoms with Crippen molar-refractivity contribution in [1.29, 1.82) is 0 Å². The number of aliphatic hydroxyl groups is 1. The van der Waals surface area contributed by atoms with Gasteiger partial charge in [0.1, 0.15) is 0 Å². The molecule has 0 bridgehead atoms. The van der Waals surface area contributed by atoms with E-state index >= 15 is 0 Å². The molecule has 0 saturated carbocycles. The van der Waals surface area contributed by atoms with Crippen molar-refractivity contribution in [3.05, 3.63) is 12.2 Å². The highest BCUT2D eigenvalue weighted by Crippen LogP contribution is 2.10. The molecule has 0 spiro atoms. The maximum atomic E-state index is 12.2. The summed E-state index contributed by atoms with van der Waals surface area (Å²) in [4.78, 5) is 1.93. The second-order valence-corrected chi connectivity index (χ2v) is 4.80. The van der Waals surface area contributed by atoms with Crippen molar-refractivity contribution in [2.24, 2.45) is 11.7 Å². The Morgan fingerprint density at radius 3 is 2.19 bits per heavy atom. The fourth-order valence-electron chi connectivity index (χ4n) is 1.18. The Kier molecular flexibility index (Phi) is 14.8. The molecular weight excluding hydrogens is 318 g/mol. The lowest BCUT2D eigenvalue weighted by atomic mass is 10.1. The van der Waals surface area contributed by atoms with Gasteiger partial charge in [-0.25, -0.2) is 8.78 Å². The van der Waals surface area contributed by atoms with E-state index in [4.69, 9.17) is 22.1 Å². The van der Waals surface area contributed by atoms with Crippen LogP contribution in [0.4, 0.5) is 8.78 Å². The number of nitrogens with two attached hydrogens (primary N) is 1. The zero-order valence-corrected chi connectivity index (χ0v) is 14.2. The molecule has 0 aromatic carbocycles. The van der Waals surface area contributed by atoms with Crippen molar-refractivity contribution in [3.8, 4) is 0 Å². The zero-order valence-electron chi connectivity index (χ0n) is 12.6. The molecule has 0 fully saturated rings. The topological polar surface area (TPSA) is 58.7 Å². The van der Waals surface area contributed by atoms with E-state index in [9.17, 15) is 8.78 Å². The molecule has 21 heavy (non-hydrogen) atoms. The highest BCUT2D eigenvalue weighted by molar-refractivity contribution is 7.80. The van der Waals surface area contributed by atoms with Gasteiger partial charge in [0.2, 0.25) is 6.43 Å². The van der Waals surface area contributed by atoms with Crippen molar-refractivity contribution >= 4 is 34.8 Å². The standard InChI is InChI=1S/C12H21F2NOS.CH3NOS/c1-4-15(5-2)12(17)16-9-7-6-8-10(3)11(13)14;2-1(3)4/h6,8,10-11H,4-5,7,9H2,1-3H3;(H3,2,3,4). The van der Waals surface area contributed by atoms with Gasteiger partial charge >= 0.3 is 0 Å². The van der Waals surface area contributed by atoms with Crippen molar-refractivity contribution in [2.45, 2.75) is 33.6 Å². The van der Waals surface area contributed by atoms with Gasteiger partial charge < -0.3 is 20.5 Å². The van der Waals surface area contributed by atoms with Crippen molar-refractivity contribution in [2.75, 3.05) is 19.7 Å². The Morgan fingerprint density at radius 2 is 1.81 bits per heavy atom. The average molecular weight is 342 g/mol. The van der Waals surface area contributed by atoms with Gasteiger partial charge in [-0.05, 0) is 44.7 Å². The zero-order chi connectivity index (χ0) is 16.8. The molecule has 124 valence electrons. The van der Waals surface area contributed by atoms with Crippen LogP contribution in [-0.4, -0.2) is 46.5 Å². The maximum absolute atomic E-state index is 12.2. The maximum Gasteiger partial charge on any atom is 0.259 e. The van der Waals surface area contributed by atoms with Crippen molar-refractivity contribution in [3.63, 3.8) is 0 Å². The molecular formula is C13H24F2N2O2S2. The lowest BCUT2D eigenvalue weighted by molar-refractivity contribution is 0.108. The minimum Gasteiger partial charge on any atom is -0.487 e. The van der Waals surface area contributed by atoms with E-state index in [0.717, 1.165) is 13.1 Å². The van der Waals surface area contributed by atoms with Crippen LogP contribution in [0.1, 0.15) is 27.2 Å². The van der Waals surface area contributed by atoms with Gasteiger partial charge in [0.05, 0.1) is 6.61 Å². The van der Waals surface area contributed by atoms with Gasteiger partial charge in [-0.1, -0.05) is 19.1 Å². The van der Waals surface area contributed by atoms with Crippen LogP contribution in [0.15, 0.2) is 12.2 Å². The van der Waals surface area contributed by atoms with E-state index in [-0.39, 0.29) is 0 Å². The summed E-state index contributed by atoms with van der Waals surface area (Å²) >= 11 is 8.95. The van der Waals surface area contributed by atoms with E-state index in [1.807, 2.05) is 18.7 Å². The summed E-state index contributed by atoms with van der Waals surface area (Å²) in [6.45, 7) is 7.55. The lowest BCUT2D eigenvalue weighted by Crippen LogP contribution is -2.31. The number of nitrogens with zero attached hydrogens (tertiary/aromatic N) is 1. The molecule has 4 nitrogen and oxygen atoms in total. The number of aliphatic hydroxyl groups excluding tert-OH is 1. The Bertz CT molecular complexity index is 321. The summed E-state index contributed by atoms with van der Waals surface area (Å²) in [6, 6.07) is 0. The molecule has 0 saturated heterocycles. The molecule has 0 aromatic heterocycles. The fourth-order valence-corrected chi connectivity index (χ4v) is 1.52. The monoisotopic (exact) mass is 342 g/mol. The number of rotatable bonds is 7. The van der Waals surface area contributed by atoms with Crippen molar-refractivity contribution < 1.29 is 18.6 Å². The van der Waals surface area contributed by atoms with Gasteiger partial charge in [0, 0.05) is 19.0 Å². The summed E-state index contributed by atoms with van der Waals surface area (Å²) in [5.74, 6) is -0.704. The molecule has 0 aliphatic rings. The highest BCUT2D eigenvalue weighted by Gasteiger charge is 2.09. The van der Waals surface area contributed by atoms with Gasteiger partial charge in [-0.3, -0.25) is 0 Å². The number of hydrogen-bond donors (Lipinski definition) is 2. The largest absolute Gasteiger partial charge is 0.487 e. The Labute approximate surface area is 135 Å². The van der Waals surface area contributed by atoms with Crippen LogP contribution in [0.25, 0.3) is 0 Å². The molecule has 0 amide bonds. The van der Waals surface area contributed by atoms with Crippen LogP contribution in [0, 0.1) is 5.92 Å². The van der Waals surface area contributed by atoms with Crippen LogP contribution in [0.5, 0.6) is 0 Å². The molecule has 8 heteroatoms. The molecule has 1 atom stereocenters. The van der Waals surface area contributed by atoms with Crippen LogP contribution >= 0.6 is 24.4 Å². The Morgan fingerprint density at radius 1 is 1.33 bits per heavy atom. The van der Waals surface area contributed by atoms with Crippen molar-refractivity contribution in [1.82, 2.24) is 4.90 Å². The molecule has 0 aliphatic heterocycles. The average Bonchev–Trinajstić information content (AvgIpc) is 2.38. The minimum absolute atomic E-state index is 0.432. The first kappa shape index (κ1) is 22.3. The predicted molar refractivity (Wildman–Crippen MR) is 89.8 cm³/mol. The van der Waals surface area contributed by atoms with Crippen LogP contribution in [0.2, 0.25) is 0 Å². The fraction of sp³-hybridized carbons (Fsp3) is 0.692. The summed E-state index contributed by atoms with van der Waals surface area (Å²) in [5, 5.41) is 7.54. The SMILES string of the molecule is CCN(CC)C(=S)OCCC=CC(C)C(F)F.NC(O)=S. The third-order valence-electron chi connectivity index (χ3n) is 2.37. The number of allylic oxidation sites excluding steroid dienone is 1. The summed E-state index contributed by atoms with van der Waals surface area (Å²) in [5.41, 5.74) is 4.40. The number of halogens is 2. The van der Waals surface area contributed by atoms with Crippen LogP contribution in [0.3, 0.4) is 0 Å². The third kappa shape index (κ3) is 15.2. The molecule has 0 aliphatic carbocycles. The molecule has 0 aromatic rings. The molecule has 1 unspecified atom stereocenters. The van der Waals surface area contributed by atoms with E-state index in [0.29, 0.717) is 18.2 Å². The number of hydrogen-bond acceptors (Lipinski definition) is 3. The van der Waals surface area contributed by atoms with E-state index in [1.165, 1.54) is 13.0 Å². The van der Waals surface area contributed by atoms with Gasteiger partial charge in [-0.15, -0.1) is 0 Å². The quantitative estimate of drug-likeness (QED) is 0.421. The number of ether oxygens (including phenoxy) is 1. The van der Waals surface area contributed by atoms with Gasteiger partial charge in [-0.2, -0.15) is 0 Å². The van der Waals surface area contributed by atoms with Gasteiger partial charge in [0.15, 0.2) is 0 Å². The molecule has 0 radical (unpaired) electrons. The van der Waals surface area contributed by atoms with Gasteiger partial charge in [0.25, 0.3) is 10.3 Å². The smallest absolute Gasteiger partial charge is 0.259 e. The van der Waals surface area contributed by atoms with E-state index in [2.05, 4.69) is 18.0 Å². The normalized spacial score (nSPS) is 11.7. The second kappa shape index (κ2) is 13.9. The summed E-state index contributed by atoms with van der Waals surface area (Å²) in [6.07, 6.45) is 1.51. The Balaban J connectivity index is 0. The second-order valence-electron chi connectivity index (χ2n) is 4.04. The van der Waals surface area contributed by atoms with Crippen LogP contribution in [-0.2, 0) is 4.74 Å². The molecule has 0 heterocycles. The molecule has 0 rings (SSSR count). The summed E-state index contributed by atoms with van der Waals surface area (Å²) in [7, 11) is 0. The number of alkyl halides is 2. The molecule has 3 N–H and O–H groups in total. The minimum atomic E-state index is -2.30. The lowest BCUT2D eigenvalue weighted by Gasteiger charge is -2.20. The van der Waals surface area contributed by atoms with E-state index in [1.54, 1.807) is 6.08 Å². The number of thiocarbonyl (C=S) groups is 2. The first-order valence-corrected chi connectivity index (χ1v) is 7.42. The Hall–Kier alpha value is -1.02. The first-order valence-electron chi connectivity index (χ1n) is 6.61.